The molecular formula is C23H27N9O2. The predicted molar refractivity (Wildman–Crippen MR) is 120 cm³/mol. The molecule has 1 aromatic heterocycles. The molecule has 3 aliphatic heterocycles. The number of amides is 2. The molecule has 176 valence electrons. The van der Waals surface area contributed by atoms with Gasteiger partial charge in [-0.15, -0.1) is 10.2 Å². The van der Waals surface area contributed by atoms with Gasteiger partial charge >= 0.3 is 0 Å². The van der Waals surface area contributed by atoms with E-state index in [0.717, 1.165) is 37.8 Å². The third-order valence-electron chi connectivity index (χ3n) is 7.88. The number of nitrogens with two attached hydrogens (primary N) is 1. The van der Waals surface area contributed by atoms with E-state index in [2.05, 4.69) is 48.6 Å². The fraction of sp³-hybridized carbons (Fsp3) is 0.565. The van der Waals surface area contributed by atoms with E-state index in [1.165, 1.54) is 11.1 Å². The number of aromatic amines is 1. The Morgan fingerprint density at radius 1 is 1.32 bits per heavy atom. The molecule has 0 unspecified atom stereocenters. The normalized spacial score (nSPS) is 29.0. The summed E-state index contributed by atoms with van der Waals surface area (Å²) in [6.45, 7) is 1.66. The maximum absolute atomic E-state index is 13.4. The van der Waals surface area contributed by atoms with Crippen LogP contribution in [-0.4, -0.2) is 90.9 Å². The number of nitrogens with zero attached hydrogens (tertiary/aromatic N) is 7. The summed E-state index contributed by atoms with van der Waals surface area (Å²) >= 11 is 0. The zero-order valence-electron chi connectivity index (χ0n) is 18.8. The van der Waals surface area contributed by atoms with Crippen LogP contribution in [-0.2, 0) is 16.0 Å². The van der Waals surface area contributed by atoms with Crippen molar-refractivity contribution in [1.82, 2.24) is 35.3 Å². The van der Waals surface area contributed by atoms with Crippen LogP contribution >= 0.6 is 0 Å². The number of aromatic nitrogens is 4. The molecule has 34 heavy (non-hydrogen) atoms. The molecule has 4 heterocycles. The minimum atomic E-state index is -0.717. The molecule has 4 aliphatic rings. The van der Waals surface area contributed by atoms with Crippen LogP contribution in [0.25, 0.3) is 11.4 Å². The van der Waals surface area contributed by atoms with Gasteiger partial charge in [0.2, 0.25) is 17.6 Å². The van der Waals surface area contributed by atoms with Crippen LogP contribution in [0.4, 0.5) is 0 Å². The molecule has 0 saturated carbocycles. The van der Waals surface area contributed by atoms with Gasteiger partial charge in [0.05, 0.1) is 24.2 Å². The summed E-state index contributed by atoms with van der Waals surface area (Å²) < 4.78 is 0. The van der Waals surface area contributed by atoms with Gasteiger partial charge < -0.3 is 15.5 Å². The lowest BCUT2D eigenvalue weighted by molar-refractivity contribution is -0.141. The lowest BCUT2D eigenvalue weighted by atomic mass is 10.0. The van der Waals surface area contributed by atoms with E-state index in [1.54, 1.807) is 4.90 Å². The highest BCUT2D eigenvalue weighted by Gasteiger charge is 2.53. The van der Waals surface area contributed by atoms with Crippen molar-refractivity contribution in [3.63, 3.8) is 0 Å². The second kappa shape index (κ2) is 8.14. The van der Waals surface area contributed by atoms with Crippen LogP contribution < -0.4 is 5.73 Å². The number of H-pyrrole nitrogens is 1. The van der Waals surface area contributed by atoms with Crippen LogP contribution in [0.5, 0.6) is 0 Å². The highest BCUT2D eigenvalue weighted by molar-refractivity contribution is 5.87. The van der Waals surface area contributed by atoms with Gasteiger partial charge in [-0.1, -0.05) is 12.1 Å². The molecule has 1 aliphatic carbocycles. The molecule has 5 atom stereocenters. The van der Waals surface area contributed by atoms with Gasteiger partial charge in [-0.25, -0.2) is 0 Å². The minimum absolute atomic E-state index is 0.0789. The van der Waals surface area contributed by atoms with Crippen molar-refractivity contribution in [2.45, 2.75) is 62.3 Å². The van der Waals surface area contributed by atoms with Gasteiger partial charge in [0.25, 0.3) is 0 Å². The number of carbonyl (C=O) groups excluding carboxylic acids is 2. The molecule has 11 nitrogen and oxygen atoms in total. The van der Waals surface area contributed by atoms with Crippen LogP contribution in [0.3, 0.4) is 0 Å². The van der Waals surface area contributed by atoms with Crippen LogP contribution in [0, 0.1) is 11.3 Å². The summed E-state index contributed by atoms with van der Waals surface area (Å²) in [7, 11) is 0. The van der Waals surface area contributed by atoms with E-state index in [9.17, 15) is 14.9 Å². The van der Waals surface area contributed by atoms with Gasteiger partial charge in [-0.2, -0.15) is 10.5 Å². The minimum Gasteiger partial charge on any atom is -0.330 e. The molecule has 3 N–H and O–H groups in total. The van der Waals surface area contributed by atoms with Crippen molar-refractivity contribution in [2.24, 2.45) is 5.73 Å². The molecule has 11 heteroatoms. The lowest BCUT2D eigenvalue weighted by Gasteiger charge is -2.38. The zero-order valence-corrected chi connectivity index (χ0v) is 18.8. The summed E-state index contributed by atoms with van der Waals surface area (Å²) in [5.41, 5.74) is 9.61. The van der Waals surface area contributed by atoms with Crippen molar-refractivity contribution >= 4 is 11.8 Å². The van der Waals surface area contributed by atoms with Gasteiger partial charge in [0, 0.05) is 31.2 Å². The maximum atomic E-state index is 13.4. The van der Waals surface area contributed by atoms with Crippen molar-refractivity contribution in [2.75, 3.05) is 19.6 Å². The molecule has 2 aromatic rings. The van der Waals surface area contributed by atoms with E-state index in [-0.39, 0.29) is 36.0 Å². The number of hydrogen-bond acceptors (Lipinski definition) is 8. The van der Waals surface area contributed by atoms with Crippen LogP contribution in [0.1, 0.15) is 42.9 Å². The van der Waals surface area contributed by atoms with E-state index < -0.39 is 6.04 Å². The number of benzene rings is 1. The molecule has 1 aromatic carbocycles. The van der Waals surface area contributed by atoms with Crippen LogP contribution in [0.2, 0.25) is 0 Å². The smallest absolute Gasteiger partial charge is 0.241 e. The van der Waals surface area contributed by atoms with Crippen molar-refractivity contribution in [3.05, 3.63) is 29.3 Å². The van der Waals surface area contributed by atoms with Crippen LogP contribution in [0.15, 0.2) is 18.2 Å². The number of piperazine rings is 1. The Bertz CT molecular complexity index is 1160. The average molecular weight is 462 g/mol. The highest BCUT2D eigenvalue weighted by Crippen LogP contribution is 2.44. The molecular weight excluding hydrogens is 434 g/mol. The average Bonchev–Trinajstić information content (AvgIpc) is 3.66. The zero-order chi connectivity index (χ0) is 23.4. The molecule has 6 rings (SSSR count). The Hall–Kier alpha value is -3.36. The molecule has 0 radical (unpaired) electrons. The van der Waals surface area contributed by atoms with Gasteiger partial charge in [0.1, 0.15) is 6.04 Å². The van der Waals surface area contributed by atoms with Gasteiger partial charge in [0.15, 0.2) is 0 Å². The third-order valence-corrected chi connectivity index (χ3v) is 7.88. The second-order valence-electron chi connectivity index (χ2n) is 9.73. The largest absolute Gasteiger partial charge is 0.330 e. The van der Waals surface area contributed by atoms with E-state index in [1.807, 2.05) is 6.07 Å². The molecule has 3 fully saturated rings. The van der Waals surface area contributed by atoms with Crippen molar-refractivity contribution in [1.29, 1.82) is 5.26 Å². The molecule has 2 amide bonds. The maximum Gasteiger partial charge on any atom is 0.241 e. The number of nitriles is 1. The highest BCUT2D eigenvalue weighted by atomic mass is 16.2. The summed E-state index contributed by atoms with van der Waals surface area (Å²) in [5.74, 6) is 0.518. The number of nitrogens with one attached hydrogen (secondary N) is 1. The number of carbonyl (C=O) groups is 2. The van der Waals surface area contributed by atoms with Gasteiger partial charge in [-0.05, 0) is 54.5 Å². The van der Waals surface area contributed by atoms with Crippen molar-refractivity contribution in [3.8, 4) is 17.5 Å². The number of rotatable bonds is 5. The van der Waals surface area contributed by atoms with E-state index >= 15 is 0 Å². The third kappa shape index (κ3) is 3.28. The quantitative estimate of drug-likeness (QED) is 0.631. The number of fused-ring (bicyclic) bond motifs is 3. The first-order valence-corrected chi connectivity index (χ1v) is 11.9. The number of tetrazole rings is 1. The Morgan fingerprint density at radius 3 is 2.97 bits per heavy atom. The second-order valence-corrected chi connectivity index (χ2v) is 9.73. The molecule has 2 bridgehead atoms. The van der Waals surface area contributed by atoms with E-state index in [4.69, 9.17) is 5.73 Å². The molecule has 0 spiro atoms. The lowest BCUT2D eigenvalue weighted by Crippen LogP contribution is -2.56. The fourth-order valence-corrected chi connectivity index (χ4v) is 6.32. The molecule has 3 saturated heterocycles. The topological polar surface area (TPSA) is 148 Å². The monoisotopic (exact) mass is 461 g/mol. The van der Waals surface area contributed by atoms with Crippen molar-refractivity contribution < 1.29 is 9.59 Å². The predicted octanol–water partition coefficient (Wildman–Crippen LogP) is -0.0190. The van der Waals surface area contributed by atoms with E-state index in [0.29, 0.717) is 25.3 Å². The Morgan fingerprint density at radius 2 is 2.21 bits per heavy atom. The summed E-state index contributed by atoms with van der Waals surface area (Å²) in [6.07, 6.45) is 4.12. The summed E-state index contributed by atoms with van der Waals surface area (Å²) in [5, 5.41) is 23.5. The first-order chi connectivity index (χ1) is 16.5. The SMILES string of the molecule is N#C[C@@H]1CCCN1C(=O)[C@@H](N)CN1C[C@@H]2C[C@H]1C(=O)N2[C@@H]1CCc2cc(-c3nn[nH]n3)ccc21. The summed E-state index contributed by atoms with van der Waals surface area (Å²) in [6, 6.07) is 7.26. The first kappa shape index (κ1) is 21.2. The number of aryl methyl sites for hydroxylation is 1. The van der Waals surface area contributed by atoms with Gasteiger partial charge in [-0.3, -0.25) is 14.5 Å². The first-order valence-electron chi connectivity index (χ1n) is 11.9. The Kier molecular flexibility index (Phi) is 5.08. The standard InChI is InChI=1S/C23H27N9O2/c24-10-15-2-1-7-31(15)22(33)18(25)12-30-11-16-9-20(30)23(34)32(16)19-6-4-13-8-14(3-5-17(13)19)21-26-28-29-27-21/h3,5,8,15-16,18-20H,1-2,4,6-7,9,11-12,25H2,(H,26,27,28,29)/t15-,16-,18-,19+,20-/m0/s1. The number of hydrogen-bond donors (Lipinski definition) is 2. The Balaban J connectivity index is 1.13. The summed E-state index contributed by atoms with van der Waals surface area (Å²) in [4.78, 5) is 32.0. The number of likely N-dealkylation sites (tertiary alicyclic amines) is 3. The fourth-order valence-electron chi connectivity index (χ4n) is 6.32. The Labute approximate surface area is 196 Å².